The number of carbonyl (C=O) groups is 2. The molecule has 0 bridgehead atoms. The molecule has 4 nitrogen and oxygen atoms in total. The van der Waals surface area contributed by atoms with Crippen LogP contribution < -0.4 is 5.73 Å². The topological polar surface area (TPSA) is 80.4 Å². The van der Waals surface area contributed by atoms with Gasteiger partial charge in [-0.2, -0.15) is 0 Å². The van der Waals surface area contributed by atoms with Crippen molar-refractivity contribution in [1.82, 2.24) is 0 Å². The smallest absolute Gasteiger partial charge is 0.314 e. The highest BCUT2D eigenvalue weighted by atomic mass is 35.5. The molecule has 0 aromatic rings. The Morgan fingerprint density at radius 1 is 1.55 bits per heavy atom. The molecule has 0 aliphatic heterocycles. The Morgan fingerprint density at radius 3 is 2.09 bits per heavy atom. The Balaban J connectivity index is 0. The maximum atomic E-state index is 10.5. The molecule has 0 aliphatic rings. The van der Waals surface area contributed by atoms with Crippen LogP contribution in [0.5, 0.6) is 0 Å². The number of ketones is 1. The van der Waals surface area contributed by atoms with Crippen LogP contribution in [0.2, 0.25) is 0 Å². The molecule has 0 heterocycles. The Hall–Kier alpha value is -0.610. The third-order valence-corrected chi connectivity index (χ3v) is 1.24. The summed E-state index contributed by atoms with van der Waals surface area (Å²) >= 11 is 0. The fourth-order valence-corrected chi connectivity index (χ4v) is 0.667. The van der Waals surface area contributed by atoms with Crippen molar-refractivity contribution in [3.63, 3.8) is 0 Å². The number of carboxylic acids is 1. The lowest BCUT2D eigenvalue weighted by Gasteiger charge is -2.04. The molecule has 0 fully saturated rings. The normalized spacial score (nSPS) is 11.5. The molecule has 0 radical (unpaired) electrons. The van der Waals surface area contributed by atoms with Gasteiger partial charge in [-0.1, -0.05) is 0 Å². The summed E-state index contributed by atoms with van der Waals surface area (Å²) in [5, 5.41) is 8.40. The van der Waals surface area contributed by atoms with Gasteiger partial charge in [0.15, 0.2) is 0 Å². The van der Waals surface area contributed by atoms with Crippen LogP contribution in [0.4, 0.5) is 0 Å². The van der Waals surface area contributed by atoms with Crippen LogP contribution in [-0.2, 0) is 9.59 Å². The number of aliphatic carboxylic acids is 1. The van der Waals surface area contributed by atoms with Crippen molar-refractivity contribution in [2.45, 2.75) is 13.3 Å². The third-order valence-electron chi connectivity index (χ3n) is 1.24. The van der Waals surface area contributed by atoms with Gasteiger partial charge in [0.2, 0.25) is 0 Å². The molecule has 5 heteroatoms. The largest absolute Gasteiger partial charge is 0.481 e. The molecular weight excluding hydrogens is 170 g/mol. The number of hydrogen-bond donors (Lipinski definition) is 2. The first-order valence-corrected chi connectivity index (χ1v) is 3.03. The van der Waals surface area contributed by atoms with E-state index in [0.717, 1.165) is 0 Å². The fraction of sp³-hybridized carbons (Fsp3) is 0.667. The van der Waals surface area contributed by atoms with Crippen molar-refractivity contribution in [3.05, 3.63) is 0 Å². The summed E-state index contributed by atoms with van der Waals surface area (Å²) in [6.45, 7) is 1.49. The second kappa shape index (κ2) is 6.12. The molecule has 3 N–H and O–H groups in total. The van der Waals surface area contributed by atoms with Crippen molar-refractivity contribution >= 4 is 24.2 Å². The van der Waals surface area contributed by atoms with Gasteiger partial charge < -0.3 is 10.8 Å². The lowest BCUT2D eigenvalue weighted by molar-refractivity contribution is -0.145. The SMILES string of the molecule is CC(=O)C(CCN)C(=O)O.Cl. The van der Waals surface area contributed by atoms with Crippen LogP contribution in [-0.4, -0.2) is 23.4 Å². The lowest BCUT2D eigenvalue weighted by atomic mass is 10.0. The number of carboxylic acid groups (broad SMARTS) is 1. The molecule has 11 heavy (non-hydrogen) atoms. The van der Waals surface area contributed by atoms with Gasteiger partial charge in [0.25, 0.3) is 0 Å². The zero-order valence-corrected chi connectivity index (χ0v) is 7.06. The van der Waals surface area contributed by atoms with E-state index >= 15 is 0 Å². The molecule has 0 aromatic carbocycles. The van der Waals surface area contributed by atoms with E-state index < -0.39 is 11.9 Å². The molecule has 0 aliphatic carbocycles. The summed E-state index contributed by atoms with van der Waals surface area (Å²) < 4.78 is 0. The predicted molar refractivity (Wildman–Crippen MR) is 42.7 cm³/mol. The van der Waals surface area contributed by atoms with E-state index in [9.17, 15) is 9.59 Å². The van der Waals surface area contributed by atoms with Gasteiger partial charge >= 0.3 is 5.97 Å². The molecule has 0 aromatic heterocycles. The first-order valence-electron chi connectivity index (χ1n) is 3.03. The molecule has 1 atom stereocenters. The summed E-state index contributed by atoms with van der Waals surface area (Å²) in [7, 11) is 0. The average molecular weight is 182 g/mol. The van der Waals surface area contributed by atoms with E-state index in [4.69, 9.17) is 10.8 Å². The Kier molecular flexibility index (Phi) is 7.24. The minimum atomic E-state index is -1.09. The minimum Gasteiger partial charge on any atom is -0.481 e. The molecule has 0 saturated carbocycles. The molecule has 0 amide bonds. The van der Waals surface area contributed by atoms with Crippen molar-refractivity contribution in [2.75, 3.05) is 6.54 Å². The molecular formula is C6H12ClNO3. The predicted octanol–water partition coefficient (Wildman–Crippen LogP) is 0.0468. The molecule has 0 spiro atoms. The van der Waals surface area contributed by atoms with Gasteiger partial charge in [-0.15, -0.1) is 12.4 Å². The van der Waals surface area contributed by atoms with E-state index in [1.807, 2.05) is 0 Å². The van der Waals surface area contributed by atoms with Gasteiger partial charge in [0, 0.05) is 0 Å². The highest BCUT2D eigenvalue weighted by Gasteiger charge is 2.20. The highest BCUT2D eigenvalue weighted by molar-refractivity contribution is 5.96. The second-order valence-corrected chi connectivity index (χ2v) is 2.08. The number of Topliss-reactive ketones (excluding diaryl/α,β-unsaturated/α-hetero) is 1. The second-order valence-electron chi connectivity index (χ2n) is 2.08. The lowest BCUT2D eigenvalue weighted by Crippen LogP contribution is -2.24. The average Bonchev–Trinajstić information content (AvgIpc) is 1.81. The summed E-state index contributed by atoms with van der Waals surface area (Å²) in [5.74, 6) is -2.33. The number of halogens is 1. The molecule has 1 unspecified atom stereocenters. The maximum Gasteiger partial charge on any atom is 0.314 e. The third kappa shape index (κ3) is 4.75. The van der Waals surface area contributed by atoms with E-state index in [0.29, 0.717) is 0 Å². The van der Waals surface area contributed by atoms with Crippen LogP contribution >= 0.6 is 12.4 Å². The Bertz CT molecular complexity index is 135. The summed E-state index contributed by atoms with van der Waals surface area (Å²) in [4.78, 5) is 20.8. The zero-order chi connectivity index (χ0) is 8.15. The van der Waals surface area contributed by atoms with Gasteiger partial charge in [0.1, 0.15) is 11.7 Å². The van der Waals surface area contributed by atoms with Crippen LogP contribution in [0.15, 0.2) is 0 Å². The fourth-order valence-electron chi connectivity index (χ4n) is 0.667. The van der Waals surface area contributed by atoms with Crippen molar-refractivity contribution in [1.29, 1.82) is 0 Å². The van der Waals surface area contributed by atoms with Gasteiger partial charge in [-0.05, 0) is 19.9 Å². The summed E-state index contributed by atoms with van der Waals surface area (Å²) in [6.07, 6.45) is 0.227. The number of nitrogens with two attached hydrogens (primary N) is 1. The van der Waals surface area contributed by atoms with Crippen LogP contribution in [0.25, 0.3) is 0 Å². The van der Waals surface area contributed by atoms with E-state index in [-0.39, 0.29) is 31.2 Å². The van der Waals surface area contributed by atoms with E-state index in [1.54, 1.807) is 0 Å². The first-order chi connectivity index (χ1) is 4.59. The zero-order valence-electron chi connectivity index (χ0n) is 6.24. The van der Waals surface area contributed by atoms with E-state index in [1.165, 1.54) is 6.92 Å². The van der Waals surface area contributed by atoms with Gasteiger partial charge in [-0.3, -0.25) is 9.59 Å². The van der Waals surface area contributed by atoms with Crippen LogP contribution in [0.3, 0.4) is 0 Å². The molecule has 0 saturated heterocycles. The van der Waals surface area contributed by atoms with E-state index in [2.05, 4.69) is 0 Å². The molecule has 66 valence electrons. The number of carbonyl (C=O) groups excluding carboxylic acids is 1. The quantitative estimate of drug-likeness (QED) is 0.601. The van der Waals surface area contributed by atoms with Crippen molar-refractivity contribution in [3.8, 4) is 0 Å². The summed E-state index contributed by atoms with van der Waals surface area (Å²) in [5.41, 5.74) is 5.09. The maximum absolute atomic E-state index is 10.5. The Morgan fingerprint density at radius 2 is 2.00 bits per heavy atom. The van der Waals surface area contributed by atoms with Gasteiger partial charge in [0.05, 0.1) is 0 Å². The number of rotatable bonds is 4. The highest BCUT2D eigenvalue weighted by Crippen LogP contribution is 2.02. The monoisotopic (exact) mass is 181 g/mol. The first kappa shape index (κ1) is 13.0. The Labute approximate surface area is 71.2 Å². The van der Waals surface area contributed by atoms with Gasteiger partial charge in [-0.25, -0.2) is 0 Å². The van der Waals surface area contributed by atoms with Crippen molar-refractivity contribution in [2.24, 2.45) is 11.7 Å². The van der Waals surface area contributed by atoms with Crippen LogP contribution in [0.1, 0.15) is 13.3 Å². The molecule has 0 rings (SSSR count). The standard InChI is InChI=1S/C6H11NO3.ClH/c1-4(8)5(2-3-7)6(9)10;/h5H,2-3,7H2,1H3,(H,9,10);1H. The minimum absolute atomic E-state index is 0. The van der Waals surface area contributed by atoms with Crippen LogP contribution in [0, 0.1) is 5.92 Å². The summed E-state index contributed by atoms with van der Waals surface area (Å²) in [6, 6.07) is 0. The van der Waals surface area contributed by atoms with Crippen molar-refractivity contribution < 1.29 is 14.7 Å². The number of hydrogen-bond acceptors (Lipinski definition) is 3.